The molecule has 0 radical (unpaired) electrons. The van der Waals surface area contributed by atoms with Gasteiger partial charge in [0.05, 0.1) is 6.61 Å². The number of hydrogen-bond donors (Lipinski definition) is 0. The number of aryl methyl sites for hydroxylation is 1. The lowest BCUT2D eigenvalue weighted by Gasteiger charge is -2.02. The van der Waals surface area contributed by atoms with Crippen LogP contribution in [0, 0.1) is 0 Å². The molecule has 0 fully saturated rings. The summed E-state index contributed by atoms with van der Waals surface area (Å²) < 4.78 is 6.56. The molecule has 0 saturated heterocycles. The van der Waals surface area contributed by atoms with Crippen LogP contribution in [-0.4, -0.2) is 17.1 Å². The second-order valence-corrected chi connectivity index (χ2v) is 2.98. The molecule has 6 nitrogen and oxygen atoms in total. The number of aromatic nitrogens is 1. The van der Waals surface area contributed by atoms with E-state index in [0.717, 1.165) is 5.69 Å². The molecule has 1 heterocycles. The number of carbonyl (C=O) groups excluding carboxylic acids is 1. The largest absolute Gasteiger partial charge is 0.462 e. The molecule has 0 saturated carbocycles. The van der Waals surface area contributed by atoms with Gasteiger partial charge in [-0.15, -0.1) is 0 Å². The highest BCUT2D eigenvalue weighted by Crippen LogP contribution is 2.10. The Hall–Kier alpha value is -2.20. The molecule has 0 aliphatic heterocycles. The quantitative estimate of drug-likeness (QED) is 0.256. The Morgan fingerprint density at radius 1 is 1.75 bits per heavy atom. The molecule has 16 heavy (non-hydrogen) atoms. The normalized spacial score (nSPS) is 10.8. The zero-order valence-corrected chi connectivity index (χ0v) is 9.12. The van der Waals surface area contributed by atoms with E-state index in [1.165, 1.54) is 6.08 Å². The number of esters is 1. The molecular weight excluding hydrogens is 208 g/mol. The van der Waals surface area contributed by atoms with Gasteiger partial charge in [0.25, 0.3) is 0 Å². The van der Waals surface area contributed by atoms with Crippen molar-refractivity contribution >= 4 is 12.0 Å². The fourth-order valence-electron chi connectivity index (χ4n) is 1.15. The van der Waals surface area contributed by atoms with Gasteiger partial charge in [-0.05, 0) is 30.7 Å². The van der Waals surface area contributed by atoms with Crippen LogP contribution in [-0.2, 0) is 16.6 Å². The first kappa shape index (κ1) is 11.9. The van der Waals surface area contributed by atoms with Crippen LogP contribution in [0.1, 0.15) is 12.6 Å². The number of rotatable bonds is 4. The first-order valence-corrected chi connectivity index (χ1v) is 4.74. The van der Waals surface area contributed by atoms with Crippen molar-refractivity contribution in [1.82, 2.24) is 4.57 Å². The fraction of sp³-hybridized carbons (Fsp3) is 0.300. The van der Waals surface area contributed by atoms with Crippen LogP contribution in [0.15, 0.2) is 29.1 Å². The van der Waals surface area contributed by atoms with Gasteiger partial charge in [-0.3, -0.25) is 0 Å². The van der Waals surface area contributed by atoms with E-state index in [2.05, 4.69) is 10.0 Å². The Bertz CT molecular complexity index is 455. The molecule has 1 aromatic heterocycles. The van der Waals surface area contributed by atoms with Gasteiger partial charge in [-0.2, -0.15) is 0 Å². The number of hydrogen-bond acceptors (Lipinski definition) is 3. The van der Waals surface area contributed by atoms with E-state index < -0.39 is 5.97 Å². The highest BCUT2D eigenvalue weighted by molar-refractivity contribution is 5.93. The molecule has 0 bridgehead atoms. The smallest absolute Gasteiger partial charge is 0.340 e. The summed E-state index contributed by atoms with van der Waals surface area (Å²) in [5.41, 5.74) is 9.06. The van der Waals surface area contributed by atoms with Crippen molar-refractivity contribution in [2.75, 3.05) is 6.61 Å². The van der Waals surface area contributed by atoms with E-state index in [4.69, 9.17) is 10.3 Å². The van der Waals surface area contributed by atoms with E-state index in [1.54, 1.807) is 17.6 Å². The SMILES string of the molecule is CCOC(=O)/C(=C/c1cccn1C)N=[N+]=[N-]. The Labute approximate surface area is 92.8 Å². The summed E-state index contributed by atoms with van der Waals surface area (Å²) in [6, 6.07) is 3.62. The van der Waals surface area contributed by atoms with Crippen molar-refractivity contribution in [1.29, 1.82) is 0 Å². The van der Waals surface area contributed by atoms with Crippen molar-refractivity contribution in [3.05, 3.63) is 40.2 Å². The lowest BCUT2D eigenvalue weighted by molar-refractivity contribution is -0.138. The van der Waals surface area contributed by atoms with Gasteiger partial charge in [-0.25, -0.2) is 4.79 Å². The molecule has 0 aliphatic rings. The minimum absolute atomic E-state index is 0.0499. The van der Waals surface area contributed by atoms with Gasteiger partial charge in [-0.1, -0.05) is 5.11 Å². The molecule has 0 unspecified atom stereocenters. The van der Waals surface area contributed by atoms with Crippen LogP contribution >= 0.6 is 0 Å². The Morgan fingerprint density at radius 2 is 2.50 bits per heavy atom. The maximum Gasteiger partial charge on any atom is 0.340 e. The summed E-state index contributed by atoms with van der Waals surface area (Å²) in [6.45, 7) is 1.93. The highest BCUT2D eigenvalue weighted by Gasteiger charge is 2.09. The summed E-state index contributed by atoms with van der Waals surface area (Å²) in [6.07, 6.45) is 3.31. The Kier molecular flexibility index (Phi) is 4.17. The fourth-order valence-corrected chi connectivity index (χ4v) is 1.15. The monoisotopic (exact) mass is 220 g/mol. The van der Waals surface area contributed by atoms with E-state index >= 15 is 0 Å². The number of ether oxygens (including phenoxy) is 1. The second-order valence-electron chi connectivity index (χ2n) is 2.98. The Morgan fingerprint density at radius 3 is 3.00 bits per heavy atom. The molecule has 0 aromatic carbocycles. The lowest BCUT2D eigenvalue weighted by Crippen LogP contribution is -2.06. The molecule has 0 N–H and O–H groups in total. The van der Waals surface area contributed by atoms with Crippen LogP contribution in [0.25, 0.3) is 16.5 Å². The zero-order valence-electron chi connectivity index (χ0n) is 9.12. The highest BCUT2D eigenvalue weighted by atomic mass is 16.5. The minimum atomic E-state index is -0.624. The molecule has 0 spiro atoms. The number of azide groups is 1. The first-order chi connectivity index (χ1) is 7.69. The maximum atomic E-state index is 11.4. The van der Waals surface area contributed by atoms with Crippen molar-refractivity contribution in [2.24, 2.45) is 12.2 Å². The van der Waals surface area contributed by atoms with Gasteiger partial charge in [0.1, 0.15) is 5.70 Å². The molecule has 6 heteroatoms. The average Bonchev–Trinajstić information content (AvgIpc) is 2.64. The molecule has 0 aliphatic carbocycles. The van der Waals surface area contributed by atoms with Crippen LogP contribution in [0.5, 0.6) is 0 Å². The molecule has 1 rings (SSSR count). The van der Waals surface area contributed by atoms with Crippen molar-refractivity contribution in [3.63, 3.8) is 0 Å². The number of carbonyl (C=O) groups is 1. The topological polar surface area (TPSA) is 80.0 Å². The second kappa shape index (κ2) is 5.63. The minimum Gasteiger partial charge on any atom is -0.462 e. The third-order valence-corrected chi connectivity index (χ3v) is 1.91. The predicted molar refractivity (Wildman–Crippen MR) is 59.2 cm³/mol. The van der Waals surface area contributed by atoms with Crippen molar-refractivity contribution in [2.45, 2.75) is 6.92 Å². The lowest BCUT2D eigenvalue weighted by atomic mass is 10.3. The van der Waals surface area contributed by atoms with Gasteiger partial charge >= 0.3 is 5.97 Å². The molecule has 0 amide bonds. The molecular formula is C10H12N4O2. The zero-order chi connectivity index (χ0) is 12.0. The molecule has 84 valence electrons. The van der Waals surface area contributed by atoms with Crippen LogP contribution in [0.2, 0.25) is 0 Å². The van der Waals surface area contributed by atoms with Crippen LogP contribution < -0.4 is 0 Å². The summed E-state index contributed by atoms with van der Waals surface area (Å²) in [7, 11) is 1.82. The van der Waals surface area contributed by atoms with Crippen LogP contribution in [0.4, 0.5) is 0 Å². The van der Waals surface area contributed by atoms with Gasteiger partial charge in [0.2, 0.25) is 0 Å². The average molecular weight is 220 g/mol. The summed E-state index contributed by atoms with van der Waals surface area (Å²) in [5, 5.41) is 3.31. The van der Waals surface area contributed by atoms with Gasteiger partial charge < -0.3 is 9.30 Å². The standard InChI is InChI=1S/C10H12N4O2/c1-3-16-10(15)9(12-13-11)7-8-5-4-6-14(8)2/h4-7H,3H2,1-2H3/b9-7-. The van der Waals surface area contributed by atoms with E-state index in [1.807, 2.05) is 19.3 Å². The molecule has 0 atom stereocenters. The van der Waals surface area contributed by atoms with E-state index in [9.17, 15) is 4.79 Å². The molecule has 1 aromatic rings. The Balaban J connectivity index is 3.02. The summed E-state index contributed by atoms with van der Waals surface area (Å²) in [4.78, 5) is 14.0. The van der Waals surface area contributed by atoms with Crippen molar-refractivity contribution in [3.8, 4) is 0 Å². The van der Waals surface area contributed by atoms with Crippen LogP contribution in [0.3, 0.4) is 0 Å². The maximum absolute atomic E-state index is 11.4. The number of nitrogens with zero attached hydrogens (tertiary/aromatic N) is 4. The predicted octanol–water partition coefficient (Wildman–Crippen LogP) is 2.24. The van der Waals surface area contributed by atoms with Crippen molar-refractivity contribution < 1.29 is 9.53 Å². The third-order valence-electron chi connectivity index (χ3n) is 1.91. The van der Waals surface area contributed by atoms with E-state index in [0.29, 0.717) is 0 Å². The third kappa shape index (κ3) is 2.90. The summed E-state index contributed by atoms with van der Waals surface area (Å²) in [5.74, 6) is -0.624. The summed E-state index contributed by atoms with van der Waals surface area (Å²) >= 11 is 0. The first-order valence-electron chi connectivity index (χ1n) is 4.74. The van der Waals surface area contributed by atoms with E-state index in [-0.39, 0.29) is 12.3 Å². The van der Waals surface area contributed by atoms with Gasteiger partial charge in [0.15, 0.2) is 0 Å². The van der Waals surface area contributed by atoms with Gasteiger partial charge in [0, 0.05) is 23.9 Å².